The molecule has 170 valence electrons. The number of anilines is 1. The number of fused-ring (bicyclic) bond motifs is 1. The zero-order valence-electron chi connectivity index (χ0n) is 18.4. The molecule has 0 spiro atoms. The normalized spacial score (nSPS) is 11.5. The van der Waals surface area contributed by atoms with E-state index in [9.17, 15) is 8.42 Å². The summed E-state index contributed by atoms with van der Waals surface area (Å²) in [7, 11) is -2.29. The molecule has 0 radical (unpaired) electrons. The van der Waals surface area contributed by atoms with E-state index in [2.05, 4.69) is 38.5 Å². The molecule has 1 N–H and O–H groups in total. The van der Waals surface area contributed by atoms with Crippen LogP contribution in [0.3, 0.4) is 0 Å². The van der Waals surface area contributed by atoms with Gasteiger partial charge in [-0.25, -0.2) is 18.4 Å². The van der Waals surface area contributed by atoms with E-state index in [-0.39, 0.29) is 10.7 Å². The first-order valence-electron chi connectivity index (χ1n) is 10.2. The Bertz CT molecular complexity index is 1380. The van der Waals surface area contributed by atoms with Crippen molar-refractivity contribution in [2.75, 3.05) is 18.4 Å². The highest BCUT2D eigenvalue weighted by molar-refractivity contribution is 7.92. The summed E-state index contributed by atoms with van der Waals surface area (Å²) in [5.41, 5.74) is 1.30. The minimum absolute atomic E-state index is 0.105. The second kappa shape index (κ2) is 9.37. The maximum absolute atomic E-state index is 12.8. The summed E-state index contributed by atoms with van der Waals surface area (Å²) in [6, 6.07) is 11.7. The summed E-state index contributed by atoms with van der Waals surface area (Å²) >= 11 is 0. The number of hydrogen-bond acceptors (Lipinski definition) is 8. The van der Waals surface area contributed by atoms with E-state index in [1.165, 1.54) is 31.8 Å². The van der Waals surface area contributed by atoms with Gasteiger partial charge in [0.25, 0.3) is 10.0 Å². The van der Waals surface area contributed by atoms with Crippen molar-refractivity contribution in [1.82, 2.24) is 19.9 Å². The highest BCUT2D eigenvalue weighted by Gasteiger charge is 2.18. The number of benzene rings is 1. The maximum Gasteiger partial charge on any atom is 0.263 e. The minimum atomic E-state index is -3.83. The summed E-state index contributed by atoms with van der Waals surface area (Å²) in [6.07, 6.45) is 4.36. The van der Waals surface area contributed by atoms with Crippen LogP contribution < -0.4 is 14.2 Å². The lowest BCUT2D eigenvalue weighted by atomic mass is 10.1. The lowest BCUT2D eigenvalue weighted by Gasteiger charge is -2.13. The van der Waals surface area contributed by atoms with E-state index in [1.54, 1.807) is 30.5 Å². The van der Waals surface area contributed by atoms with Gasteiger partial charge < -0.3 is 9.47 Å². The first-order chi connectivity index (χ1) is 15.9. The van der Waals surface area contributed by atoms with Crippen LogP contribution in [0, 0.1) is 5.92 Å². The Balaban J connectivity index is 1.71. The zero-order chi connectivity index (χ0) is 23.4. The van der Waals surface area contributed by atoms with Crippen LogP contribution in [0.25, 0.3) is 22.0 Å². The molecular weight excluding hydrogens is 442 g/mol. The van der Waals surface area contributed by atoms with Gasteiger partial charge in [-0.2, -0.15) is 4.98 Å². The van der Waals surface area contributed by atoms with Crippen molar-refractivity contribution < 1.29 is 17.9 Å². The van der Waals surface area contributed by atoms with Crippen LogP contribution in [0.1, 0.15) is 13.8 Å². The number of nitrogens with zero attached hydrogens (tertiary/aromatic N) is 4. The number of rotatable bonds is 8. The number of sulfonamides is 1. The van der Waals surface area contributed by atoms with E-state index >= 15 is 0 Å². The fourth-order valence-electron chi connectivity index (χ4n) is 3.18. The van der Waals surface area contributed by atoms with Gasteiger partial charge >= 0.3 is 0 Å². The van der Waals surface area contributed by atoms with E-state index in [1.807, 2.05) is 6.07 Å². The predicted octanol–water partition coefficient (Wildman–Crippen LogP) is 3.93. The Hall–Kier alpha value is -3.79. The quantitative estimate of drug-likeness (QED) is 0.416. The average molecular weight is 466 g/mol. The largest absolute Gasteiger partial charge is 0.480 e. The minimum Gasteiger partial charge on any atom is -0.480 e. The highest BCUT2D eigenvalue weighted by atomic mass is 32.2. The summed E-state index contributed by atoms with van der Waals surface area (Å²) in [5, 5.41) is 1.46. The van der Waals surface area contributed by atoms with Crippen molar-refractivity contribution in [2.45, 2.75) is 18.7 Å². The first kappa shape index (κ1) is 22.4. The average Bonchev–Trinajstić information content (AvgIpc) is 2.82. The first-order valence-corrected chi connectivity index (χ1v) is 11.7. The van der Waals surface area contributed by atoms with E-state index in [4.69, 9.17) is 9.47 Å². The van der Waals surface area contributed by atoms with Crippen LogP contribution >= 0.6 is 0 Å². The van der Waals surface area contributed by atoms with Crippen molar-refractivity contribution in [3.8, 4) is 23.0 Å². The zero-order valence-corrected chi connectivity index (χ0v) is 19.2. The summed E-state index contributed by atoms with van der Waals surface area (Å²) in [6.45, 7) is 4.66. The van der Waals surface area contributed by atoms with Gasteiger partial charge in [-0.15, -0.1) is 0 Å². The molecule has 4 rings (SSSR count). The van der Waals surface area contributed by atoms with Gasteiger partial charge in [0.05, 0.1) is 29.9 Å². The standard InChI is InChI=1S/C23H23N5O4S/c1-15(2)13-32-21-7-6-19(23(27-21)31-3)22-18-5-4-17(12-16(18)8-11-25-22)33(29,30)28-20-9-10-24-14-26-20/h4-12,14-15H,13H2,1-3H3,(H,24,26,28). The molecule has 0 aliphatic carbocycles. The van der Waals surface area contributed by atoms with Crippen LogP contribution in [0.4, 0.5) is 5.82 Å². The molecule has 1 aromatic carbocycles. The molecule has 9 nitrogen and oxygen atoms in total. The number of ether oxygens (including phenoxy) is 2. The van der Waals surface area contributed by atoms with Gasteiger partial charge in [0, 0.05) is 23.8 Å². The molecule has 0 amide bonds. The van der Waals surface area contributed by atoms with Gasteiger partial charge in [0.2, 0.25) is 11.8 Å². The van der Waals surface area contributed by atoms with Gasteiger partial charge in [0.15, 0.2) is 0 Å². The molecule has 10 heteroatoms. The van der Waals surface area contributed by atoms with Gasteiger partial charge in [-0.3, -0.25) is 9.71 Å². The van der Waals surface area contributed by atoms with E-state index in [0.29, 0.717) is 40.9 Å². The van der Waals surface area contributed by atoms with Crippen molar-refractivity contribution in [3.63, 3.8) is 0 Å². The van der Waals surface area contributed by atoms with Gasteiger partial charge in [-0.05, 0) is 41.6 Å². The second-order valence-electron chi connectivity index (χ2n) is 7.65. The van der Waals surface area contributed by atoms with Crippen LogP contribution in [0.5, 0.6) is 11.8 Å². The van der Waals surface area contributed by atoms with Crippen molar-refractivity contribution in [2.24, 2.45) is 5.92 Å². The Morgan fingerprint density at radius 3 is 2.61 bits per heavy atom. The third-order valence-electron chi connectivity index (χ3n) is 4.71. The lowest BCUT2D eigenvalue weighted by molar-refractivity contribution is 0.257. The fraction of sp³-hybridized carbons (Fsp3) is 0.217. The Morgan fingerprint density at radius 1 is 1.03 bits per heavy atom. The summed E-state index contributed by atoms with van der Waals surface area (Å²) in [5.74, 6) is 1.40. The third kappa shape index (κ3) is 5.01. The molecule has 0 aliphatic rings. The highest BCUT2D eigenvalue weighted by Crippen LogP contribution is 2.34. The molecule has 0 saturated heterocycles. The molecule has 3 aromatic heterocycles. The molecule has 3 heterocycles. The number of nitrogens with one attached hydrogen (secondary N) is 1. The number of aromatic nitrogens is 4. The molecule has 0 bridgehead atoms. The summed E-state index contributed by atoms with van der Waals surface area (Å²) < 4.78 is 39.3. The number of methoxy groups -OCH3 is 1. The van der Waals surface area contributed by atoms with Crippen LogP contribution in [-0.2, 0) is 10.0 Å². The second-order valence-corrected chi connectivity index (χ2v) is 9.34. The monoisotopic (exact) mass is 465 g/mol. The third-order valence-corrected chi connectivity index (χ3v) is 6.07. The molecule has 0 saturated carbocycles. The SMILES string of the molecule is COc1nc(OCC(C)C)ccc1-c1nccc2cc(S(=O)(=O)Nc3ccncn3)ccc12. The maximum atomic E-state index is 12.8. The van der Waals surface area contributed by atoms with Crippen LogP contribution in [0.2, 0.25) is 0 Å². The Labute approximate surface area is 191 Å². The Morgan fingerprint density at radius 2 is 1.88 bits per heavy atom. The predicted molar refractivity (Wildman–Crippen MR) is 125 cm³/mol. The smallest absolute Gasteiger partial charge is 0.263 e. The van der Waals surface area contributed by atoms with Crippen molar-refractivity contribution >= 4 is 26.6 Å². The molecule has 33 heavy (non-hydrogen) atoms. The number of pyridine rings is 2. The molecule has 0 atom stereocenters. The molecule has 0 unspecified atom stereocenters. The Kier molecular flexibility index (Phi) is 6.36. The van der Waals surface area contributed by atoms with E-state index in [0.717, 1.165) is 5.39 Å². The molecule has 0 aliphatic heterocycles. The topological polar surface area (TPSA) is 116 Å². The fourth-order valence-corrected chi connectivity index (χ4v) is 4.22. The number of hydrogen-bond donors (Lipinski definition) is 1. The lowest BCUT2D eigenvalue weighted by Crippen LogP contribution is -2.13. The molecular formula is C23H23N5O4S. The summed E-state index contributed by atoms with van der Waals surface area (Å²) in [4.78, 5) is 16.8. The molecule has 0 fully saturated rings. The van der Waals surface area contributed by atoms with Crippen molar-refractivity contribution in [3.05, 3.63) is 61.2 Å². The van der Waals surface area contributed by atoms with Crippen LogP contribution in [0.15, 0.2) is 66.1 Å². The van der Waals surface area contributed by atoms with Gasteiger partial charge in [0.1, 0.15) is 12.1 Å². The van der Waals surface area contributed by atoms with E-state index < -0.39 is 10.0 Å². The molecule has 4 aromatic rings. The van der Waals surface area contributed by atoms with Gasteiger partial charge in [-0.1, -0.05) is 19.9 Å². The van der Waals surface area contributed by atoms with Crippen molar-refractivity contribution in [1.29, 1.82) is 0 Å². The van der Waals surface area contributed by atoms with Crippen LogP contribution in [-0.4, -0.2) is 42.1 Å².